The van der Waals surface area contributed by atoms with Gasteiger partial charge in [0, 0.05) is 22.5 Å². The molecule has 1 atom stereocenters. The number of hydrogen-bond acceptors (Lipinski definition) is 2. The molecule has 7 heteroatoms. The van der Waals surface area contributed by atoms with Gasteiger partial charge < -0.3 is 14.8 Å². The van der Waals surface area contributed by atoms with Crippen molar-refractivity contribution in [3.05, 3.63) is 130 Å². The summed E-state index contributed by atoms with van der Waals surface area (Å²) >= 11 is 6.38. The first kappa shape index (κ1) is 25.0. The highest BCUT2D eigenvalue weighted by molar-refractivity contribution is 6.31. The third kappa shape index (κ3) is 4.41. The predicted molar refractivity (Wildman–Crippen MR) is 156 cm³/mol. The summed E-state index contributed by atoms with van der Waals surface area (Å²) in [4.78, 5) is 16.1. The monoisotopic (exact) mass is 535 g/mol. The zero-order chi connectivity index (χ0) is 27.1. The molecule has 6 rings (SSSR count). The van der Waals surface area contributed by atoms with E-state index in [4.69, 9.17) is 16.7 Å². The molecule has 1 aliphatic heterocycles. The summed E-state index contributed by atoms with van der Waals surface area (Å²) in [6.07, 6.45) is 3.02. The summed E-state index contributed by atoms with van der Waals surface area (Å²) in [6, 6.07) is 27.9. The van der Waals surface area contributed by atoms with E-state index in [1.807, 2.05) is 78.0 Å². The number of aryl methyl sites for hydroxylation is 2. The predicted octanol–water partition coefficient (Wildman–Crippen LogP) is 7.63. The maximum absolute atomic E-state index is 14.2. The number of nitrogens with zero attached hydrogens (tertiary/aromatic N) is 4. The summed E-state index contributed by atoms with van der Waals surface area (Å²) in [5, 5.41) is 8.69. The van der Waals surface area contributed by atoms with Crippen LogP contribution in [0.2, 0.25) is 5.02 Å². The average molecular weight is 536 g/mol. The van der Waals surface area contributed by atoms with Crippen molar-refractivity contribution >= 4 is 23.3 Å². The Labute approximate surface area is 233 Å². The van der Waals surface area contributed by atoms with Crippen LogP contribution in [0.1, 0.15) is 46.6 Å². The lowest BCUT2D eigenvalue weighted by molar-refractivity contribution is 0.194. The second kappa shape index (κ2) is 10.1. The van der Waals surface area contributed by atoms with E-state index in [0.717, 1.165) is 46.0 Å². The van der Waals surface area contributed by atoms with Gasteiger partial charge in [0.05, 0.1) is 29.7 Å². The van der Waals surface area contributed by atoms with E-state index in [-0.39, 0.29) is 12.1 Å². The first-order chi connectivity index (χ1) is 19.0. The second-order valence-electron chi connectivity index (χ2n) is 9.91. The molecule has 0 spiro atoms. The van der Waals surface area contributed by atoms with Crippen LogP contribution in [-0.4, -0.2) is 25.3 Å². The number of carbonyl (C=O) groups is 1. The van der Waals surface area contributed by atoms with Gasteiger partial charge in [-0.3, -0.25) is 0 Å². The number of fused-ring (bicyclic) bond motifs is 3. The largest absolute Gasteiger partial charge is 0.322 e. The van der Waals surface area contributed by atoms with E-state index in [2.05, 4.69) is 53.3 Å². The van der Waals surface area contributed by atoms with E-state index < -0.39 is 0 Å². The normalized spacial score (nSPS) is 14.5. The Balaban J connectivity index is 1.53. The van der Waals surface area contributed by atoms with E-state index >= 15 is 0 Å². The molecule has 2 aromatic heterocycles. The molecule has 1 aliphatic rings. The van der Waals surface area contributed by atoms with E-state index in [1.54, 1.807) is 0 Å². The molecule has 0 radical (unpaired) electrons. The molecule has 0 unspecified atom stereocenters. The van der Waals surface area contributed by atoms with Gasteiger partial charge in [0.2, 0.25) is 0 Å². The fraction of sp³-hybridized carbons (Fsp3) is 0.188. The highest BCUT2D eigenvalue weighted by Gasteiger charge is 2.36. The van der Waals surface area contributed by atoms with Crippen molar-refractivity contribution in [1.82, 2.24) is 19.2 Å². The lowest BCUT2D eigenvalue weighted by Crippen LogP contribution is -2.38. The first-order valence-electron chi connectivity index (χ1n) is 13.2. The van der Waals surface area contributed by atoms with Gasteiger partial charge in [0.25, 0.3) is 0 Å². The van der Waals surface area contributed by atoms with Gasteiger partial charge in [-0.2, -0.15) is 5.10 Å². The second-order valence-corrected chi connectivity index (χ2v) is 10.3. The minimum absolute atomic E-state index is 0.197. The van der Waals surface area contributed by atoms with Gasteiger partial charge in [0.15, 0.2) is 0 Å². The van der Waals surface area contributed by atoms with Gasteiger partial charge >= 0.3 is 6.03 Å². The molecule has 6 nitrogen and oxygen atoms in total. The topological polar surface area (TPSA) is 55.1 Å². The summed E-state index contributed by atoms with van der Waals surface area (Å²) in [7, 11) is 0. The van der Waals surface area contributed by atoms with Crippen molar-refractivity contribution in [2.24, 2.45) is 0 Å². The third-order valence-electron chi connectivity index (χ3n) is 7.56. The van der Waals surface area contributed by atoms with Crippen LogP contribution < -0.4 is 5.32 Å². The standard InChI is InChI=1S/C32H30ClN5O/c1-4-23-15-17-24(18-16-23)30-29-14-9-19-36(29)31-26(22(3)35-38(31)25-10-6-5-7-11-25)20-37(30)32(39)34-28-13-8-12-27(33)21(28)2/h5-19,30H,4,20H2,1-3H3,(H,34,39)/t30-/m0/s1. The van der Waals surface area contributed by atoms with Crippen LogP contribution >= 0.6 is 11.6 Å². The van der Waals surface area contributed by atoms with Gasteiger partial charge in [-0.1, -0.05) is 67.1 Å². The van der Waals surface area contributed by atoms with Crippen LogP contribution in [0.15, 0.2) is 91.1 Å². The Morgan fingerprint density at radius 2 is 1.74 bits per heavy atom. The zero-order valence-corrected chi connectivity index (χ0v) is 23.0. The summed E-state index contributed by atoms with van der Waals surface area (Å²) in [5.41, 5.74) is 7.69. The highest BCUT2D eigenvalue weighted by atomic mass is 35.5. The maximum atomic E-state index is 14.2. The number of halogens is 1. The van der Waals surface area contributed by atoms with Gasteiger partial charge in [-0.25, -0.2) is 9.48 Å². The molecule has 196 valence electrons. The molecule has 0 bridgehead atoms. The van der Waals surface area contributed by atoms with Crippen molar-refractivity contribution in [3.8, 4) is 11.5 Å². The van der Waals surface area contributed by atoms with E-state index in [1.165, 1.54) is 5.56 Å². The number of urea groups is 1. The molecular weight excluding hydrogens is 506 g/mol. The van der Waals surface area contributed by atoms with Crippen LogP contribution in [0.3, 0.4) is 0 Å². The lowest BCUT2D eigenvalue weighted by Gasteiger charge is -2.31. The molecular formula is C32H30ClN5O. The first-order valence-corrected chi connectivity index (χ1v) is 13.6. The van der Waals surface area contributed by atoms with E-state index in [9.17, 15) is 4.79 Å². The molecule has 1 N–H and O–H groups in total. The average Bonchev–Trinajstić information content (AvgIpc) is 3.52. The highest BCUT2D eigenvalue weighted by Crippen LogP contribution is 2.39. The van der Waals surface area contributed by atoms with Crippen LogP contribution in [-0.2, 0) is 13.0 Å². The lowest BCUT2D eigenvalue weighted by atomic mass is 9.99. The molecule has 2 amide bonds. The van der Waals surface area contributed by atoms with Crippen molar-refractivity contribution < 1.29 is 4.79 Å². The van der Waals surface area contributed by atoms with Gasteiger partial charge in [0.1, 0.15) is 5.82 Å². The molecule has 3 aromatic carbocycles. The molecule has 0 fully saturated rings. The fourth-order valence-corrected chi connectivity index (χ4v) is 5.54. The number of hydrogen-bond donors (Lipinski definition) is 1. The minimum Gasteiger partial charge on any atom is -0.307 e. The van der Waals surface area contributed by atoms with Crippen molar-refractivity contribution in [3.63, 3.8) is 0 Å². The minimum atomic E-state index is -0.318. The van der Waals surface area contributed by atoms with Crippen LogP contribution in [0.25, 0.3) is 11.5 Å². The number of anilines is 1. The Morgan fingerprint density at radius 3 is 2.49 bits per heavy atom. The quantitative estimate of drug-likeness (QED) is 0.257. The number of aromatic nitrogens is 3. The molecule has 3 heterocycles. The molecule has 5 aromatic rings. The number of nitrogens with one attached hydrogen (secondary N) is 1. The van der Waals surface area contributed by atoms with E-state index in [0.29, 0.717) is 17.3 Å². The number of para-hydroxylation sites is 1. The third-order valence-corrected chi connectivity index (χ3v) is 7.97. The molecule has 0 saturated carbocycles. The number of carbonyl (C=O) groups excluding carboxylic acids is 1. The Kier molecular flexibility index (Phi) is 6.49. The van der Waals surface area contributed by atoms with Gasteiger partial charge in [-0.05, 0) is 73.4 Å². The maximum Gasteiger partial charge on any atom is 0.322 e. The number of amides is 2. The van der Waals surface area contributed by atoms with Crippen molar-refractivity contribution in [2.75, 3.05) is 5.32 Å². The Hall–Kier alpha value is -4.29. The molecule has 0 aliphatic carbocycles. The summed E-state index contributed by atoms with van der Waals surface area (Å²) in [5.74, 6) is 0.947. The SMILES string of the molecule is CCc1ccc([C@H]2c3cccn3-c3c(c(C)nn3-c3ccccc3)CN2C(=O)Nc2cccc(Cl)c2C)cc1. The zero-order valence-electron chi connectivity index (χ0n) is 22.2. The Morgan fingerprint density at radius 1 is 0.974 bits per heavy atom. The van der Waals surface area contributed by atoms with Crippen molar-refractivity contribution in [2.45, 2.75) is 39.8 Å². The van der Waals surface area contributed by atoms with Crippen molar-refractivity contribution in [1.29, 1.82) is 0 Å². The van der Waals surface area contributed by atoms with Crippen LogP contribution in [0, 0.1) is 13.8 Å². The van der Waals surface area contributed by atoms with Gasteiger partial charge in [-0.15, -0.1) is 0 Å². The molecule has 39 heavy (non-hydrogen) atoms. The number of rotatable bonds is 4. The van der Waals surface area contributed by atoms with Crippen LogP contribution in [0.5, 0.6) is 0 Å². The Bertz CT molecular complexity index is 1650. The molecule has 0 saturated heterocycles. The van der Waals surface area contributed by atoms with Crippen LogP contribution in [0.4, 0.5) is 10.5 Å². The fourth-order valence-electron chi connectivity index (χ4n) is 5.37. The number of benzene rings is 3. The summed E-state index contributed by atoms with van der Waals surface area (Å²) in [6.45, 7) is 6.46. The summed E-state index contributed by atoms with van der Waals surface area (Å²) < 4.78 is 4.16. The smallest absolute Gasteiger partial charge is 0.307 e.